The van der Waals surface area contributed by atoms with Crippen LogP contribution in [-0.2, 0) is 0 Å². The zero-order chi connectivity index (χ0) is 19.1. The minimum absolute atomic E-state index is 0.140. The molecule has 0 aromatic heterocycles. The zero-order valence-electron chi connectivity index (χ0n) is 16.0. The molecule has 2 aromatic carbocycles. The van der Waals surface area contributed by atoms with Crippen LogP contribution in [0.25, 0.3) is 0 Å². The van der Waals surface area contributed by atoms with E-state index in [1.807, 2.05) is 42.5 Å². The summed E-state index contributed by atoms with van der Waals surface area (Å²) in [7, 11) is 3.35. The lowest BCUT2D eigenvalue weighted by Gasteiger charge is -2.28. The lowest BCUT2D eigenvalue weighted by Crippen LogP contribution is -2.30. The predicted octanol–water partition coefficient (Wildman–Crippen LogP) is 3.27. The number of hydrogen-bond donors (Lipinski definition) is 2. The highest BCUT2D eigenvalue weighted by Gasteiger charge is 2.25. The Hall–Kier alpha value is -2.73. The van der Waals surface area contributed by atoms with E-state index in [2.05, 4.69) is 21.3 Å². The Morgan fingerprint density at radius 3 is 2.37 bits per heavy atom. The summed E-state index contributed by atoms with van der Waals surface area (Å²) < 4.78 is 10.9. The monoisotopic (exact) mass is 368 g/mol. The fourth-order valence-corrected chi connectivity index (χ4v) is 3.52. The number of ether oxygens (including phenoxy) is 2. The SMILES string of the molecule is COc1ccccc1NC(N)=NCC(c1ccccc1OC)N1CCCC1. The maximum Gasteiger partial charge on any atom is 0.193 e. The van der Waals surface area contributed by atoms with Crippen molar-refractivity contribution in [1.82, 2.24) is 4.90 Å². The van der Waals surface area contributed by atoms with Crippen molar-refractivity contribution in [3.63, 3.8) is 0 Å². The summed E-state index contributed by atoms with van der Waals surface area (Å²) in [5.74, 6) is 2.00. The van der Waals surface area contributed by atoms with Crippen LogP contribution in [0.5, 0.6) is 11.5 Å². The molecule has 3 N–H and O–H groups in total. The van der Waals surface area contributed by atoms with E-state index >= 15 is 0 Å². The molecule has 1 aliphatic rings. The summed E-state index contributed by atoms with van der Waals surface area (Å²) >= 11 is 0. The molecule has 3 rings (SSSR count). The number of likely N-dealkylation sites (tertiary alicyclic amines) is 1. The molecule has 27 heavy (non-hydrogen) atoms. The van der Waals surface area contributed by atoms with Gasteiger partial charge in [-0.1, -0.05) is 30.3 Å². The normalized spacial score (nSPS) is 16.1. The van der Waals surface area contributed by atoms with Gasteiger partial charge in [0.25, 0.3) is 0 Å². The van der Waals surface area contributed by atoms with Crippen molar-refractivity contribution < 1.29 is 9.47 Å². The maximum atomic E-state index is 6.16. The van der Waals surface area contributed by atoms with Gasteiger partial charge in [-0.05, 0) is 44.1 Å². The first kappa shape index (κ1) is 19.0. The van der Waals surface area contributed by atoms with E-state index in [0.29, 0.717) is 12.5 Å². The van der Waals surface area contributed by atoms with Gasteiger partial charge in [0.15, 0.2) is 5.96 Å². The molecule has 1 heterocycles. The lowest BCUT2D eigenvalue weighted by atomic mass is 10.0. The highest BCUT2D eigenvalue weighted by Crippen LogP contribution is 2.32. The van der Waals surface area contributed by atoms with Crippen LogP contribution in [0.1, 0.15) is 24.4 Å². The summed E-state index contributed by atoms with van der Waals surface area (Å²) in [6.07, 6.45) is 2.43. The van der Waals surface area contributed by atoms with Crippen molar-refractivity contribution in [3.8, 4) is 11.5 Å². The number of benzene rings is 2. The number of aliphatic imine (C=N–C) groups is 1. The topological polar surface area (TPSA) is 72.1 Å². The van der Waals surface area contributed by atoms with E-state index in [-0.39, 0.29) is 6.04 Å². The molecule has 0 aliphatic carbocycles. The van der Waals surface area contributed by atoms with E-state index in [9.17, 15) is 0 Å². The zero-order valence-corrected chi connectivity index (χ0v) is 16.0. The van der Waals surface area contributed by atoms with Crippen LogP contribution in [-0.4, -0.2) is 44.7 Å². The average Bonchev–Trinajstić information content (AvgIpc) is 3.23. The van der Waals surface area contributed by atoms with E-state index in [1.54, 1.807) is 14.2 Å². The molecule has 0 bridgehead atoms. The Kier molecular flexibility index (Phi) is 6.54. The average molecular weight is 368 g/mol. The summed E-state index contributed by atoms with van der Waals surface area (Å²) in [4.78, 5) is 7.08. The second-order valence-electron chi connectivity index (χ2n) is 6.55. The fraction of sp³-hybridized carbons (Fsp3) is 0.381. The minimum Gasteiger partial charge on any atom is -0.496 e. The first-order valence-corrected chi connectivity index (χ1v) is 9.30. The second kappa shape index (κ2) is 9.28. The molecule has 0 saturated carbocycles. The van der Waals surface area contributed by atoms with E-state index in [0.717, 1.165) is 35.8 Å². The molecule has 0 amide bonds. The summed E-state index contributed by atoms with van der Waals surface area (Å²) in [6.45, 7) is 2.70. The number of hydrogen-bond acceptors (Lipinski definition) is 4. The summed E-state index contributed by atoms with van der Waals surface area (Å²) in [5, 5.41) is 3.14. The smallest absolute Gasteiger partial charge is 0.193 e. The Morgan fingerprint density at radius 1 is 1.04 bits per heavy atom. The molecule has 1 fully saturated rings. The first-order valence-electron chi connectivity index (χ1n) is 9.30. The molecule has 144 valence electrons. The summed E-state index contributed by atoms with van der Waals surface area (Å²) in [5.41, 5.74) is 8.11. The van der Waals surface area contributed by atoms with Crippen LogP contribution in [0.15, 0.2) is 53.5 Å². The molecule has 1 saturated heterocycles. The van der Waals surface area contributed by atoms with Gasteiger partial charge in [-0.25, -0.2) is 0 Å². The predicted molar refractivity (Wildman–Crippen MR) is 110 cm³/mol. The molecule has 1 unspecified atom stereocenters. The molecular formula is C21H28N4O2. The Balaban J connectivity index is 1.78. The van der Waals surface area contributed by atoms with E-state index < -0.39 is 0 Å². The van der Waals surface area contributed by atoms with E-state index in [1.165, 1.54) is 12.8 Å². The Labute approximate surface area is 161 Å². The largest absolute Gasteiger partial charge is 0.496 e. The number of para-hydroxylation sites is 3. The van der Waals surface area contributed by atoms with Crippen LogP contribution < -0.4 is 20.5 Å². The fourth-order valence-electron chi connectivity index (χ4n) is 3.52. The van der Waals surface area contributed by atoms with Crippen LogP contribution in [0, 0.1) is 0 Å². The molecule has 6 nitrogen and oxygen atoms in total. The maximum absolute atomic E-state index is 6.16. The second-order valence-corrected chi connectivity index (χ2v) is 6.55. The molecular weight excluding hydrogens is 340 g/mol. The number of guanidine groups is 1. The third-order valence-corrected chi connectivity index (χ3v) is 4.88. The third-order valence-electron chi connectivity index (χ3n) is 4.88. The van der Waals surface area contributed by atoms with Gasteiger partial charge in [0, 0.05) is 5.56 Å². The number of methoxy groups -OCH3 is 2. The highest BCUT2D eigenvalue weighted by molar-refractivity contribution is 5.93. The first-order chi connectivity index (χ1) is 13.2. The number of anilines is 1. The third kappa shape index (κ3) is 4.71. The number of nitrogens with two attached hydrogens (primary N) is 1. The van der Waals surface area contributed by atoms with Crippen molar-refractivity contribution in [2.45, 2.75) is 18.9 Å². The van der Waals surface area contributed by atoms with Gasteiger partial charge in [-0.2, -0.15) is 0 Å². The molecule has 1 aliphatic heterocycles. The van der Waals surface area contributed by atoms with Crippen molar-refractivity contribution in [2.75, 3.05) is 39.2 Å². The minimum atomic E-state index is 0.140. The van der Waals surface area contributed by atoms with Crippen molar-refractivity contribution in [1.29, 1.82) is 0 Å². The number of nitrogens with one attached hydrogen (secondary N) is 1. The summed E-state index contributed by atoms with van der Waals surface area (Å²) in [6, 6.07) is 15.9. The van der Waals surface area contributed by atoms with Crippen LogP contribution >= 0.6 is 0 Å². The van der Waals surface area contributed by atoms with Gasteiger partial charge >= 0.3 is 0 Å². The van der Waals surface area contributed by atoms with Crippen molar-refractivity contribution in [3.05, 3.63) is 54.1 Å². The van der Waals surface area contributed by atoms with Gasteiger partial charge in [0.05, 0.1) is 32.5 Å². The molecule has 1 atom stereocenters. The quantitative estimate of drug-likeness (QED) is 0.580. The Morgan fingerprint density at radius 2 is 1.67 bits per heavy atom. The number of rotatable bonds is 7. The van der Waals surface area contributed by atoms with Gasteiger partial charge in [-0.15, -0.1) is 0 Å². The molecule has 0 radical (unpaired) electrons. The van der Waals surface area contributed by atoms with Gasteiger partial charge in [-0.3, -0.25) is 9.89 Å². The van der Waals surface area contributed by atoms with Crippen LogP contribution in [0.3, 0.4) is 0 Å². The van der Waals surface area contributed by atoms with E-state index in [4.69, 9.17) is 15.2 Å². The Bertz CT molecular complexity index is 772. The standard InChI is InChI=1S/C21H28N4O2/c1-26-19-11-5-3-9-16(19)18(25-13-7-8-14-25)15-23-21(22)24-17-10-4-6-12-20(17)27-2/h3-6,9-12,18H,7-8,13-15H2,1-2H3,(H3,22,23,24). The van der Waals surface area contributed by atoms with Crippen molar-refractivity contribution in [2.24, 2.45) is 10.7 Å². The van der Waals surface area contributed by atoms with Gasteiger partial charge in [0.1, 0.15) is 11.5 Å². The van der Waals surface area contributed by atoms with Gasteiger partial charge in [0.2, 0.25) is 0 Å². The van der Waals surface area contributed by atoms with Gasteiger partial charge < -0.3 is 20.5 Å². The number of nitrogens with zero attached hydrogens (tertiary/aromatic N) is 2. The molecule has 0 spiro atoms. The lowest BCUT2D eigenvalue weighted by molar-refractivity contribution is 0.245. The van der Waals surface area contributed by atoms with Crippen molar-refractivity contribution >= 4 is 11.6 Å². The van der Waals surface area contributed by atoms with Crippen LogP contribution in [0.2, 0.25) is 0 Å². The highest BCUT2D eigenvalue weighted by atomic mass is 16.5. The molecule has 6 heteroatoms. The van der Waals surface area contributed by atoms with Crippen LogP contribution in [0.4, 0.5) is 5.69 Å². The molecule has 2 aromatic rings.